The zero-order chi connectivity index (χ0) is 13.8. The van der Waals surface area contributed by atoms with E-state index in [0.29, 0.717) is 17.2 Å². The standard InChI is InChI=1S/C13H14N2O4/c1-18-9-3-4-10(12(5-9)19-2)11-6-15(8-14-11)7-13(16)17/h3-6,8H,7H2,1-2H3,(H,16,17). The number of hydrogen-bond acceptors (Lipinski definition) is 4. The SMILES string of the molecule is COc1ccc(-c2cn(CC(=O)O)cn2)c(OC)c1. The van der Waals surface area contributed by atoms with Gasteiger partial charge in [-0.3, -0.25) is 4.79 Å². The monoisotopic (exact) mass is 262 g/mol. The van der Waals surface area contributed by atoms with Crippen molar-refractivity contribution in [2.24, 2.45) is 0 Å². The van der Waals surface area contributed by atoms with Crippen LogP contribution in [0.4, 0.5) is 0 Å². The fourth-order valence-corrected chi connectivity index (χ4v) is 1.75. The van der Waals surface area contributed by atoms with E-state index in [1.54, 1.807) is 32.5 Å². The molecule has 0 fully saturated rings. The van der Waals surface area contributed by atoms with Gasteiger partial charge >= 0.3 is 5.97 Å². The molecule has 6 nitrogen and oxygen atoms in total. The summed E-state index contributed by atoms with van der Waals surface area (Å²) in [4.78, 5) is 14.8. The average molecular weight is 262 g/mol. The van der Waals surface area contributed by atoms with Crippen molar-refractivity contribution in [3.8, 4) is 22.8 Å². The highest BCUT2D eigenvalue weighted by molar-refractivity contribution is 5.69. The van der Waals surface area contributed by atoms with Gasteiger partial charge in [-0.25, -0.2) is 4.98 Å². The van der Waals surface area contributed by atoms with Gasteiger partial charge in [0.25, 0.3) is 0 Å². The predicted octanol–water partition coefficient (Wildman–Crippen LogP) is 1.65. The van der Waals surface area contributed by atoms with Crippen LogP contribution >= 0.6 is 0 Å². The second kappa shape index (κ2) is 5.43. The molecule has 19 heavy (non-hydrogen) atoms. The zero-order valence-corrected chi connectivity index (χ0v) is 10.7. The Labute approximate surface area is 110 Å². The van der Waals surface area contributed by atoms with Gasteiger partial charge in [0, 0.05) is 17.8 Å². The molecule has 0 amide bonds. The Bertz CT molecular complexity index is 592. The van der Waals surface area contributed by atoms with Crippen molar-refractivity contribution >= 4 is 5.97 Å². The lowest BCUT2D eigenvalue weighted by Gasteiger charge is -2.08. The Kier molecular flexibility index (Phi) is 3.70. The number of imidazole rings is 1. The predicted molar refractivity (Wildman–Crippen MR) is 68.4 cm³/mol. The van der Waals surface area contributed by atoms with Gasteiger partial charge in [0.1, 0.15) is 18.0 Å². The summed E-state index contributed by atoms with van der Waals surface area (Å²) in [6.07, 6.45) is 3.14. The molecule has 2 rings (SSSR count). The van der Waals surface area contributed by atoms with Crippen molar-refractivity contribution in [2.75, 3.05) is 14.2 Å². The molecule has 0 radical (unpaired) electrons. The molecule has 1 aromatic heterocycles. The second-order valence-electron chi connectivity index (χ2n) is 3.89. The third-order valence-electron chi connectivity index (χ3n) is 2.64. The van der Waals surface area contributed by atoms with Gasteiger partial charge in [0.2, 0.25) is 0 Å². The molecule has 0 unspecified atom stereocenters. The average Bonchev–Trinajstić information content (AvgIpc) is 2.85. The number of benzene rings is 1. The number of carboxylic acid groups (broad SMARTS) is 1. The first-order valence-corrected chi connectivity index (χ1v) is 5.60. The van der Waals surface area contributed by atoms with Gasteiger partial charge in [-0.05, 0) is 12.1 Å². The number of ether oxygens (including phenoxy) is 2. The van der Waals surface area contributed by atoms with Crippen molar-refractivity contribution in [1.82, 2.24) is 9.55 Å². The first-order valence-electron chi connectivity index (χ1n) is 5.60. The van der Waals surface area contributed by atoms with Crippen LogP contribution < -0.4 is 9.47 Å². The van der Waals surface area contributed by atoms with Gasteiger partial charge in [-0.2, -0.15) is 0 Å². The molecule has 0 atom stereocenters. The van der Waals surface area contributed by atoms with Gasteiger partial charge in [-0.15, -0.1) is 0 Å². The fourth-order valence-electron chi connectivity index (χ4n) is 1.75. The van der Waals surface area contributed by atoms with Crippen molar-refractivity contribution in [3.05, 3.63) is 30.7 Å². The van der Waals surface area contributed by atoms with E-state index in [9.17, 15) is 4.79 Å². The molecule has 1 aromatic carbocycles. The van der Waals surface area contributed by atoms with Crippen LogP contribution in [-0.4, -0.2) is 34.8 Å². The third-order valence-corrected chi connectivity index (χ3v) is 2.64. The number of methoxy groups -OCH3 is 2. The summed E-state index contributed by atoms with van der Waals surface area (Å²) < 4.78 is 11.9. The fraction of sp³-hybridized carbons (Fsp3) is 0.231. The van der Waals surface area contributed by atoms with E-state index < -0.39 is 5.97 Å². The number of carbonyl (C=O) groups is 1. The summed E-state index contributed by atoms with van der Waals surface area (Å²) in [6.45, 7) is -0.120. The van der Waals surface area contributed by atoms with Gasteiger partial charge in [0.15, 0.2) is 0 Å². The van der Waals surface area contributed by atoms with Crippen molar-refractivity contribution < 1.29 is 19.4 Å². The minimum atomic E-state index is -0.911. The van der Waals surface area contributed by atoms with Crippen LogP contribution in [0.3, 0.4) is 0 Å². The molecule has 0 aliphatic heterocycles. The summed E-state index contributed by atoms with van der Waals surface area (Å²) in [5.74, 6) is 0.399. The van der Waals surface area contributed by atoms with E-state index in [0.717, 1.165) is 5.56 Å². The molecule has 0 bridgehead atoms. The number of aliphatic carboxylic acids is 1. The van der Waals surface area contributed by atoms with E-state index in [1.165, 1.54) is 10.9 Å². The Morgan fingerprint density at radius 2 is 2.16 bits per heavy atom. The third kappa shape index (κ3) is 2.85. The van der Waals surface area contributed by atoms with Crippen LogP contribution in [0.2, 0.25) is 0 Å². The van der Waals surface area contributed by atoms with E-state index in [-0.39, 0.29) is 6.54 Å². The zero-order valence-electron chi connectivity index (χ0n) is 10.7. The summed E-state index contributed by atoms with van der Waals surface area (Å²) in [5.41, 5.74) is 1.44. The quantitative estimate of drug-likeness (QED) is 0.886. The van der Waals surface area contributed by atoms with Crippen LogP contribution in [0.25, 0.3) is 11.3 Å². The van der Waals surface area contributed by atoms with Crippen LogP contribution in [-0.2, 0) is 11.3 Å². The molecule has 0 aliphatic carbocycles. The Morgan fingerprint density at radius 1 is 1.37 bits per heavy atom. The molecular formula is C13H14N2O4. The number of carboxylic acids is 1. The summed E-state index contributed by atoms with van der Waals surface area (Å²) in [7, 11) is 3.14. The summed E-state index contributed by atoms with van der Waals surface area (Å²) in [5, 5.41) is 8.73. The number of aromatic nitrogens is 2. The van der Waals surface area contributed by atoms with Crippen molar-refractivity contribution in [1.29, 1.82) is 0 Å². The largest absolute Gasteiger partial charge is 0.497 e. The molecular weight excluding hydrogens is 248 g/mol. The van der Waals surface area contributed by atoms with Crippen molar-refractivity contribution in [2.45, 2.75) is 6.54 Å². The highest BCUT2D eigenvalue weighted by Crippen LogP contribution is 2.32. The molecule has 0 saturated carbocycles. The maximum Gasteiger partial charge on any atom is 0.323 e. The summed E-state index contributed by atoms with van der Waals surface area (Å²) >= 11 is 0. The molecule has 0 aliphatic rings. The number of hydrogen-bond donors (Lipinski definition) is 1. The van der Waals surface area contributed by atoms with E-state index in [1.807, 2.05) is 6.07 Å². The van der Waals surface area contributed by atoms with Crippen LogP contribution in [0.5, 0.6) is 11.5 Å². The Hall–Kier alpha value is -2.50. The van der Waals surface area contributed by atoms with E-state index >= 15 is 0 Å². The Morgan fingerprint density at radius 3 is 2.79 bits per heavy atom. The molecule has 1 N–H and O–H groups in total. The minimum Gasteiger partial charge on any atom is -0.497 e. The lowest BCUT2D eigenvalue weighted by Crippen LogP contribution is -2.06. The highest BCUT2D eigenvalue weighted by atomic mass is 16.5. The smallest absolute Gasteiger partial charge is 0.323 e. The maximum absolute atomic E-state index is 10.6. The molecule has 6 heteroatoms. The molecule has 2 aromatic rings. The normalized spacial score (nSPS) is 10.2. The Balaban J connectivity index is 2.35. The first kappa shape index (κ1) is 12.9. The van der Waals surface area contributed by atoms with E-state index in [4.69, 9.17) is 14.6 Å². The van der Waals surface area contributed by atoms with Gasteiger partial charge in [-0.1, -0.05) is 0 Å². The lowest BCUT2D eigenvalue weighted by atomic mass is 10.1. The molecule has 1 heterocycles. The topological polar surface area (TPSA) is 73.6 Å². The highest BCUT2D eigenvalue weighted by Gasteiger charge is 2.11. The molecule has 0 spiro atoms. The minimum absolute atomic E-state index is 0.120. The molecule has 0 saturated heterocycles. The van der Waals surface area contributed by atoms with Crippen LogP contribution in [0.15, 0.2) is 30.7 Å². The van der Waals surface area contributed by atoms with Crippen molar-refractivity contribution in [3.63, 3.8) is 0 Å². The second-order valence-corrected chi connectivity index (χ2v) is 3.89. The van der Waals surface area contributed by atoms with Gasteiger partial charge < -0.3 is 19.1 Å². The van der Waals surface area contributed by atoms with E-state index in [2.05, 4.69) is 4.98 Å². The molecule has 100 valence electrons. The first-order chi connectivity index (χ1) is 9.13. The summed E-state index contributed by atoms with van der Waals surface area (Å²) in [6, 6.07) is 5.38. The number of rotatable bonds is 5. The van der Waals surface area contributed by atoms with Crippen LogP contribution in [0.1, 0.15) is 0 Å². The van der Waals surface area contributed by atoms with Crippen LogP contribution in [0, 0.1) is 0 Å². The lowest BCUT2D eigenvalue weighted by molar-refractivity contribution is -0.137. The maximum atomic E-state index is 10.6. The number of nitrogens with zero attached hydrogens (tertiary/aromatic N) is 2. The van der Waals surface area contributed by atoms with Gasteiger partial charge in [0.05, 0.1) is 26.2 Å².